The van der Waals surface area contributed by atoms with Crippen molar-refractivity contribution in [3.63, 3.8) is 0 Å². The number of hydrogen-bond acceptors (Lipinski definition) is 3. The van der Waals surface area contributed by atoms with E-state index in [1.807, 2.05) is 4.90 Å². The van der Waals surface area contributed by atoms with Gasteiger partial charge in [-0.05, 0) is 32.6 Å². The van der Waals surface area contributed by atoms with Gasteiger partial charge in [-0.2, -0.15) is 0 Å². The maximum Gasteiger partial charge on any atom is 0.251 e. The summed E-state index contributed by atoms with van der Waals surface area (Å²) in [6.07, 6.45) is 3.25. The first-order chi connectivity index (χ1) is 7.68. The Morgan fingerprint density at radius 3 is 2.38 bits per heavy atom. The number of carbonyl (C=O) groups is 2. The van der Waals surface area contributed by atoms with Crippen LogP contribution in [0.25, 0.3) is 0 Å². The highest BCUT2D eigenvalue weighted by Gasteiger charge is 2.31. The molecule has 2 rings (SSSR count). The van der Waals surface area contributed by atoms with Crippen LogP contribution in [0.4, 0.5) is 0 Å². The van der Waals surface area contributed by atoms with Gasteiger partial charge in [0, 0.05) is 25.6 Å². The minimum Gasteiger partial charge on any atom is -0.368 e. The zero-order valence-corrected chi connectivity index (χ0v) is 9.78. The van der Waals surface area contributed by atoms with Gasteiger partial charge in [0.1, 0.15) is 11.9 Å². The van der Waals surface area contributed by atoms with Gasteiger partial charge < -0.3 is 9.64 Å². The molecule has 0 spiro atoms. The molecule has 0 saturated carbocycles. The van der Waals surface area contributed by atoms with E-state index in [1.165, 1.54) is 0 Å². The molecule has 2 fully saturated rings. The third kappa shape index (κ3) is 2.43. The molecule has 0 aromatic heterocycles. The number of ether oxygens (including phenoxy) is 1. The highest BCUT2D eigenvalue weighted by Crippen LogP contribution is 2.21. The average molecular weight is 225 g/mol. The predicted octanol–water partition coefficient (Wildman–Crippen LogP) is 0.993. The molecule has 0 aromatic carbocycles. The van der Waals surface area contributed by atoms with E-state index >= 15 is 0 Å². The topological polar surface area (TPSA) is 46.6 Å². The molecule has 16 heavy (non-hydrogen) atoms. The Morgan fingerprint density at radius 1 is 1.19 bits per heavy atom. The molecule has 0 bridgehead atoms. The number of rotatable bonds is 2. The van der Waals surface area contributed by atoms with Crippen molar-refractivity contribution in [2.24, 2.45) is 5.92 Å². The summed E-state index contributed by atoms with van der Waals surface area (Å²) in [6, 6.07) is 0. The molecule has 2 aliphatic heterocycles. The van der Waals surface area contributed by atoms with Crippen LogP contribution in [0.3, 0.4) is 0 Å². The van der Waals surface area contributed by atoms with Gasteiger partial charge in [-0.3, -0.25) is 9.59 Å². The molecule has 0 radical (unpaired) electrons. The lowest BCUT2D eigenvalue weighted by atomic mass is 9.93. The Hall–Kier alpha value is -0.900. The summed E-state index contributed by atoms with van der Waals surface area (Å²) in [5, 5.41) is 0. The van der Waals surface area contributed by atoms with E-state index in [0.29, 0.717) is 19.7 Å². The fourth-order valence-electron chi connectivity index (χ4n) is 2.48. The van der Waals surface area contributed by atoms with Crippen molar-refractivity contribution >= 4 is 11.7 Å². The molecule has 0 N–H and O–H groups in total. The van der Waals surface area contributed by atoms with E-state index in [-0.39, 0.29) is 23.7 Å². The lowest BCUT2D eigenvalue weighted by Gasteiger charge is -2.32. The van der Waals surface area contributed by atoms with Gasteiger partial charge in [-0.1, -0.05) is 0 Å². The van der Waals surface area contributed by atoms with E-state index in [9.17, 15) is 9.59 Å². The van der Waals surface area contributed by atoms with Crippen LogP contribution in [0.15, 0.2) is 0 Å². The Morgan fingerprint density at radius 2 is 1.88 bits per heavy atom. The quantitative estimate of drug-likeness (QED) is 0.704. The highest BCUT2D eigenvalue weighted by molar-refractivity contribution is 5.82. The molecule has 1 unspecified atom stereocenters. The molecule has 90 valence electrons. The van der Waals surface area contributed by atoms with Crippen LogP contribution in [0.5, 0.6) is 0 Å². The maximum atomic E-state index is 12.0. The largest absolute Gasteiger partial charge is 0.368 e. The third-order valence-electron chi connectivity index (χ3n) is 3.59. The first-order valence-electron chi connectivity index (χ1n) is 6.09. The number of amides is 1. The number of nitrogens with zero attached hydrogens (tertiary/aromatic N) is 1. The van der Waals surface area contributed by atoms with Crippen molar-refractivity contribution in [3.8, 4) is 0 Å². The fourth-order valence-corrected chi connectivity index (χ4v) is 2.48. The Kier molecular flexibility index (Phi) is 3.59. The van der Waals surface area contributed by atoms with Crippen LogP contribution in [0.1, 0.15) is 32.6 Å². The van der Waals surface area contributed by atoms with Gasteiger partial charge in [0.2, 0.25) is 0 Å². The lowest BCUT2D eigenvalue weighted by molar-refractivity contribution is -0.143. The molecule has 0 aliphatic carbocycles. The first kappa shape index (κ1) is 11.6. The second-order valence-electron chi connectivity index (χ2n) is 4.71. The summed E-state index contributed by atoms with van der Waals surface area (Å²) in [7, 11) is 0. The maximum absolute atomic E-state index is 12.0. The van der Waals surface area contributed by atoms with Crippen molar-refractivity contribution < 1.29 is 14.3 Å². The van der Waals surface area contributed by atoms with E-state index in [1.54, 1.807) is 6.92 Å². The molecule has 2 heterocycles. The Labute approximate surface area is 95.9 Å². The van der Waals surface area contributed by atoms with Crippen LogP contribution < -0.4 is 0 Å². The number of hydrogen-bond donors (Lipinski definition) is 0. The van der Waals surface area contributed by atoms with Crippen LogP contribution in [-0.2, 0) is 14.3 Å². The van der Waals surface area contributed by atoms with E-state index in [0.717, 1.165) is 25.7 Å². The summed E-state index contributed by atoms with van der Waals surface area (Å²) < 4.78 is 5.38. The highest BCUT2D eigenvalue weighted by atomic mass is 16.5. The van der Waals surface area contributed by atoms with Crippen molar-refractivity contribution in [2.45, 2.75) is 38.7 Å². The number of piperidine rings is 1. The van der Waals surface area contributed by atoms with Crippen LogP contribution in [-0.4, -0.2) is 42.4 Å². The van der Waals surface area contributed by atoms with E-state index < -0.39 is 0 Å². The number of carbonyl (C=O) groups excluding carboxylic acids is 2. The van der Waals surface area contributed by atoms with Gasteiger partial charge in [-0.25, -0.2) is 0 Å². The third-order valence-corrected chi connectivity index (χ3v) is 3.59. The smallest absolute Gasteiger partial charge is 0.251 e. The molecule has 1 amide bonds. The first-order valence-corrected chi connectivity index (χ1v) is 6.09. The van der Waals surface area contributed by atoms with Gasteiger partial charge in [0.05, 0.1) is 0 Å². The Bertz CT molecular complexity index is 276. The summed E-state index contributed by atoms with van der Waals surface area (Å²) in [4.78, 5) is 25.1. The minimum atomic E-state index is -0.214. The van der Waals surface area contributed by atoms with Gasteiger partial charge in [0.15, 0.2) is 0 Å². The molecule has 1 atom stereocenters. The average Bonchev–Trinajstić information content (AvgIpc) is 2.81. The number of Topliss-reactive ketones (excluding diaryl/α,β-unsaturated/α-hetero) is 1. The van der Waals surface area contributed by atoms with Gasteiger partial charge in [0.25, 0.3) is 5.91 Å². The van der Waals surface area contributed by atoms with Crippen molar-refractivity contribution in [1.29, 1.82) is 0 Å². The van der Waals surface area contributed by atoms with E-state index in [2.05, 4.69) is 0 Å². The second-order valence-corrected chi connectivity index (χ2v) is 4.71. The molecule has 0 aromatic rings. The summed E-state index contributed by atoms with van der Waals surface area (Å²) in [5.74, 6) is 0.539. The molecule has 2 aliphatic rings. The van der Waals surface area contributed by atoms with Crippen molar-refractivity contribution in [3.05, 3.63) is 0 Å². The zero-order chi connectivity index (χ0) is 11.5. The van der Waals surface area contributed by atoms with Crippen LogP contribution in [0.2, 0.25) is 0 Å². The summed E-state index contributed by atoms with van der Waals surface area (Å²) in [5.41, 5.74) is 0. The number of likely N-dealkylation sites (tertiary alicyclic amines) is 1. The molecule has 4 heteroatoms. The van der Waals surface area contributed by atoms with E-state index in [4.69, 9.17) is 4.74 Å². The van der Waals surface area contributed by atoms with Crippen molar-refractivity contribution in [1.82, 2.24) is 4.90 Å². The van der Waals surface area contributed by atoms with Gasteiger partial charge in [-0.15, -0.1) is 0 Å². The second kappa shape index (κ2) is 4.95. The minimum absolute atomic E-state index is 0.125. The monoisotopic (exact) mass is 225 g/mol. The Balaban J connectivity index is 1.84. The lowest BCUT2D eigenvalue weighted by Crippen LogP contribution is -2.44. The standard InChI is InChI=1S/C12H19NO3/c1-9(14)10-4-6-13(7-5-10)12(15)11-3-2-8-16-11/h10-11H,2-8H2,1H3. The number of ketones is 1. The molecular weight excluding hydrogens is 206 g/mol. The van der Waals surface area contributed by atoms with Gasteiger partial charge >= 0.3 is 0 Å². The van der Waals surface area contributed by atoms with Crippen molar-refractivity contribution in [2.75, 3.05) is 19.7 Å². The van der Waals surface area contributed by atoms with Crippen LogP contribution in [0, 0.1) is 5.92 Å². The SMILES string of the molecule is CC(=O)C1CCN(C(=O)C2CCCO2)CC1. The normalized spacial score (nSPS) is 27.1. The van der Waals surface area contributed by atoms with Crippen LogP contribution >= 0.6 is 0 Å². The molecule has 2 saturated heterocycles. The summed E-state index contributed by atoms with van der Waals surface area (Å²) in [6.45, 7) is 3.77. The molecular formula is C12H19NO3. The fraction of sp³-hybridized carbons (Fsp3) is 0.833. The molecule has 4 nitrogen and oxygen atoms in total. The predicted molar refractivity (Wildman–Crippen MR) is 59.0 cm³/mol. The summed E-state index contributed by atoms with van der Waals surface area (Å²) >= 11 is 0. The zero-order valence-electron chi connectivity index (χ0n) is 9.78.